The van der Waals surface area contributed by atoms with E-state index in [0.29, 0.717) is 5.75 Å². The smallest absolute Gasteiger partial charge is 0.328 e. The number of rotatable bonds is 6. The highest BCUT2D eigenvalue weighted by Crippen LogP contribution is 2.39. The van der Waals surface area contributed by atoms with Gasteiger partial charge in [-0.25, -0.2) is 12.8 Å². The maximum Gasteiger partial charge on any atom is 0.328 e. The first-order valence-electron chi connectivity index (χ1n) is 8.11. The van der Waals surface area contributed by atoms with Gasteiger partial charge in [-0.2, -0.15) is 0 Å². The zero-order valence-electron chi connectivity index (χ0n) is 14.4. The van der Waals surface area contributed by atoms with Crippen molar-refractivity contribution in [3.63, 3.8) is 0 Å². The van der Waals surface area contributed by atoms with Crippen LogP contribution in [0.25, 0.3) is 0 Å². The number of nitrogens with two attached hydrogens (primary N) is 1. The first-order valence-corrected chi connectivity index (χ1v) is 9.59. The highest BCUT2D eigenvalue weighted by Gasteiger charge is 2.63. The van der Waals surface area contributed by atoms with Gasteiger partial charge in [0, 0.05) is 13.0 Å². The Bertz CT molecular complexity index is 1010. The van der Waals surface area contributed by atoms with Gasteiger partial charge < -0.3 is 20.3 Å². The van der Waals surface area contributed by atoms with E-state index < -0.39 is 44.8 Å². The number of aliphatic carboxylic acids is 1. The molecule has 0 radical (unpaired) electrons. The minimum absolute atomic E-state index is 0.231. The van der Waals surface area contributed by atoms with Crippen LogP contribution in [-0.2, 0) is 24.2 Å². The van der Waals surface area contributed by atoms with E-state index in [0.717, 1.165) is 12.1 Å². The molecule has 0 aliphatic carbocycles. The normalized spacial score (nSPS) is 22.0. The van der Waals surface area contributed by atoms with Crippen LogP contribution in [0, 0.1) is 5.82 Å². The second-order valence-corrected chi connectivity index (χ2v) is 8.34. The lowest BCUT2D eigenvalue weighted by Gasteiger charge is -2.27. The number of primary amides is 1. The van der Waals surface area contributed by atoms with Crippen molar-refractivity contribution in [2.24, 2.45) is 5.73 Å². The molecule has 3 rings (SSSR count). The summed E-state index contributed by atoms with van der Waals surface area (Å²) in [6.45, 7) is -0.231. The standard InChI is InChI=1S/C18H16FNO7S/c19-11-1-3-12(4-2-11)27-13-5-7-14(8-6-13)28(24,25)18(17(22)23)9-10-26-15(18)16(20)21/h1-8,15H,9-10H2,(H2,20,21)(H,22,23). The number of benzene rings is 2. The van der Waals surface area contributed by atoms with E-state index in [1.54, 1.807) is 0 Å². The predicted octanol–water partition coefficient (Wildman–Crippen LogP) is 1.49. The maximum atomic E-state index is 13.1. The summed E-state index contributed by atoms with van der Waals surface area (Å²) >= 11 is 0. The fraction of sp³-hybridized carbons (Fsp3) is 0.222. The molecule has 2 aromatic carbocycles. The van der Waals surface area contributed by atoms with E-state index in [1.165, 1.54) is 36.4 Å². The summed E-state index contributed by atoms with van der Waals surface area (Å²) in [6, 6.07) is 10.2. The molecule has 1 amide bonds. The third kappa shape index (κ3) is 3.20. The molecule has 28 heavy (non-hydrogen) atoms. The number of hydrogen-bond donors (Lipinski definition) is 2. The molecule has 10 heteroatoms. The van der Waals surface area contributed by atoms with Crippen LogP contribution in [0.3, 0.4) is 0 Å². The Balaban J connectivity index is 1.94. The lowest BCUT2D eigenvalue weighted by atomic mass is 10.0. The van der Waals surface area contributed by atoms with Gasteiger partial charge in [0.1, 0.15) is 17.3 Å². The number of amides is 1. The molecule has 0 aromatic heterocycles. The van der Waals surface area contributed by atoms with Gasteiger partial charge in [-0.15, -0.1) is 0 Å². The number of carbonyl (C=O) groups is 2. The summed E-state index contributed by atoms with van der Waals surface area (Å²) in [6.07, 6.45) is -2.21. The molecule has 2 atom stereocenters. The van der Waals surface area contributed by atoms with E-state index >= 15 is 0 Å². The van der Waals surface area contributed by atoms with Crippen molar-refractivity contribution in [2.45, 2.75) is 22.2 Å². The van der Waals surface area contributed by atoms with Crippen LogP contribution in [0.15, 0.2) is 53.4 Å². The second kappa shape index (κ2) is 7.21. The number of ether oxygens (including phenoxy) is 2. The fourth-order valence-corrected chi connectivity index (χ4v) is 5.01. The Hall–Kier alpha value is -2.98. The van der Waals surface area contributed by atoms with Crippen molar-refractivity contribution in [3.05, 3.63) is 54.3 Å². The Morgan fingerprint density at radius 2 is 1.64 bits per heavy atom. The second-order valence-electron chi connectivity index (χ2n) is 6.13. The van der Waals surface area contributed by atoms with E-state index in [9.17, 15) is 27.5 Å². The average Bonchev–Trinajstić information content (AvgIpc) is 3.11. The highest BCUT2D eigenvalue weighted by atomic mass is 32.2. The lowest BCUT2D eigenvalue weighted by molar-refractivity contribution is -0.145. The van der Waals surface area contributed by atoms with Crippen LogP contribution in [0.5, 0.6) is 11.5 Å². The first kappa shape index (κ1) is 19.8. The molecule has 148 valence electrons. The van der Waals surface area contributed by atoms with Gasteiger partial charge in [0.2, 0.25) is 10.7 Å². The molecule has 1 aliphatic rings. The average molecular weight is 409 g/mol. The van der Waals surface area contributed by atoms with Crippen LogP contribution in [-0.4, -0.2) is 42.9 Å². The summed E-state index contributed by atoms with van der Waals surface area (Å²) in [5, 5.41) is 9.63. The van der Waals surface area contributed by atoms with Gasteiger partial charge >= 0.3 is 5.97 Å². The van der Waals surface area contributed by atoms with Crippen molar-refractivity contribution in [3.8, 4) is 11.5 Å². The molecule has 8 nitrogen and oxygen atoms in total. The molecule has 2 unspecified atom stereocenters. The SMILES string of the molecule is NC(=O)C1OCCC1(C(=O)O)S(=O)(=O)c1ccc(Oc2ccc(F)cc2)cc1. The molecule has 1 heterocycles. The van der Waals surface area contributed by atoms with Gasteiger partial charge in [0.05, 0.1) is 4.90 Å². The molecule has 0 spiro atoms. The number of halogens is 1. The van der Waals surface area contributed by atoms with Gasteiger partial charge in [0.25, 0.3) is 0 Å². The molecular weight excluding hydrogens is 393 g/mol. The van der Waals surface area contributed by atoms with Crippen LogP contribution >= 0.6 is 0 Å². The predicted molar refractivity (Wildman–Crippen MR) is 94.0 cm³/mol. The largest absolute Gasteiger partial charge is 0.480 e. The van der Waals surface area contributed by atoms with E-state index in [-0.39, 0.29) is 17.3 Å². The number of hydrogen-bond acceptors (Lipinski definition) is 6. The molecule has 0 bridgehead atoms. The zero-order valence-corrected chi connectivity index (χ0v) is 15.2. The molecule has 1 fully saturated rings. The van der Waals surface area contributed by atoms with Crippen molar-refractivity contribution in [2.75, 3.05) is 6.61 Å². The monoisotopic (exact) mass is 409 g/mol. The molecule has 1 saturated heterocycles. The number of sulfone groups is 1. The summed E-state index contributed by atoms with van der Waals surface area (Å²) in [7, 11) is -4.52. The third-order valence-electron chi connectivity index (χ3n) is 4.46. The molecule has 2 aromatic rings. The molecule has 0 saturated carbocycles. The zero-order chi connectivity index (χ0) is 20.5. The molecule has 1 aliphatic heterocycles. The Labute approximate surface area is 159 Å². The summed E-state index contributed by atoms with van der Waals surface area (Å²) in [5.74, 6) is -2.73. The Kier molecular flexibility index (Phi) is 5.09. The van der Waals surface area contributed by atoms with Crippen molar-refractivity contribution >= 4 is 21.7 Å². The number of carbonyl (C=O) groups excluding carboxylic acids is 1. The lowest BCUT2D eigenvalue weighted by Crippen LogP contribution is -2.57. The van der Waals surface area contributed by atoms with Crippen LogP contribution in [0.2, 0.25) is 0 Å². The van der Waals surface area contributed by atoms with E-state index in [1.807, 2.05) is 0 Å². The summed E-state index contributed by atoms with van der Waals surface area (Å²) in [4.78, 5) is 23.2. The van der Waals surface area contributed by atoms with Gasteiger partial charge in [-0.3, -0.25) is 9.59 Å². The fourth-order valence-electron chi connectivity index (χ4n) is 3.05. The highest BCUT2D eigenvalue weighted by molar-refractivity contribution is 7.93. The molecule has 3 N–H and O–H groups in total. The van der Waals surface area contributed by atoms with E-state index in [2.05, 4.69) is 0 Å². The van der Waals surface area contributed by atoms with Crippen LogP contribution in [0.4, 0.5) is 4.39 Å². The quantitative estimate of drug-likeness (QED) is 0.738. The van der Waals surface area contributed by atoms with Crippen molar-refractivity contribution < 1.29 is 37.0 Å². The Morgan fingerprint density at radius 1 is 1.11 bits per heavy atom. The maximum absolute atomic E-state index is 13.1. The topological polar surface area (TPSA) is 133 Å². The van der Waals surface area contributed by atoms with Gasteiger partial charge in [-0.1, -0.05) is 0 Å². The number of carboxylic acids is 1. The molecular formula is C18H16FNO7S. The van der Waals surface area contributed by atoms with Crippen LogP contribution in [0.1, 0.15) is 6.42 Å². The minimum Gasteiger partial charge on any atom is -0.480 e. The number of carboxylic acid groups (broad SMARTS) is 1. The Morgan fingerprint density at radius 3 is 2.14 bits per heavy atom. The van der Waals surface area contributed by atoms with Gasteiger partial charge in [0.15, 0.2) is 15.9 Å². The van der Waals surface area contributed by atoms with E-state index in [4.69, 9.17) is 15.2 Å². The van der Waals surface area contributed by atoms with Crippen molar-refractivity contribution in [1.82, 2.24) is 0 Å². The summed E-state index contributed by atoms with van der Waals surface area (Å²) in [5.41, 5.74) is 5.17. The van der Waals surface area contributed by atoms with Crippen LogP contribution < -0.4 is 10.5 Å². The third-order valence-corrected chi connectivity index (χ3v) is 6.91. The first-order chi connectivity index (χ1) is 13.2. The van der Waals surface area contributed by atoms with Crippen molar-refractivity contribution in [1.29, 1.82) is 0 Å². The minimum atomic E-state index is -4.52. The van der Waals surface area contributed by atoms with Gasteiger partial charge in [-0.05, 0) is 48.5 Å². The summed E-state index contributed by atoms with van der Waals surface area (Å²) < 4.78 is 47.1.